The van der Waals surface area contributed by atoms with Gasteiger partial charge in [0.2, 0.25) is 0 Å². The van der Waals surface area contributed by atoms with Crippen molar-refractivity contribution in [2.45, 2.75) is 42.8 Å². The Bertz CT molecular complexity index is 1700. The van der Waals surface area contributed by atoms with Crippen molar-refractivity contribution >= 4 is 44.5 Å². The summed E-state index contributed by atoms with van der Waals surface area (Å²) in [6.07, 6.45) is 0. The van der Waals surface area contributed by atoms with E-state index in [9.17, 15) is 23.3 Å². The van der Waals surface area contributed by atoms with Gasteiger partial charge in [-0.3, -0.25) is 19.2 Å². The van der Waals surface area contributed by atoms with Crippen LogP contribution in [0.4, 0.5) is 11.4 Å². The van der Waals surface area contributed by atoms with Crippen LogP contribution in [0.1, 0.15) is 27.8 Å². The number of carbonyl (C=O) groups is 1. The Morgan fingerprint density at radius 1 is 0.921 bits per heavy atom. The summed E-state index contributed by atoms with van der Waals surface area (Å²) in [4.78, 5) is 28.0. The first kappa shape index (κ1) is 24.5. The average molecular weight is 549 g/mol. The maximum Gasteiger partial charge on any atom is 0.322 e. The molecule has 0 unspecified atom stereocenters. The molecule has 0 saturated carbocycles. The number of hydrogen-bond donors (Lipinski definition) is 1. The molecular formula is C27H24N4O5S2. The monoisotopic (exact) mass is 548 g/mol. The molecule has 1 spiro atoms. The predicted octanol–water partition coefficient (Wildman–Crippen LogP) is 3.46. The van der Waals surface area contributed by atoms with Crippen molar-refractivity contribution in [1.82, 2.24) is 5.32 Å². The molecule has 1 amide bonds. The molecule has 3 atom stereocenters. The van der Waals surface area contributed by atoms with E-state index in [1.54, 1.807) is 56.4 Å². The summed E-state index contributed by atoms with van der Waals surface area (Å²) in [7, 11) is -2.81. The third-order valence-corrected chi connectivity index (χ3v) is 10.1. The molecule has 0 aromatic heterocycles. The Morgan fingerprint density at radius 3 is 2.08 bits per heavy atom. The Balaban J connectivity index is 1.75. The lowest BCUT2D eigenvalue weighted by Crippen LogP contribution is -2.62. The van der Waals surface area contributed by atoms with Crippen molar-refractivity contribution in [1.29, 1.82) is 0 Å². The van der Waals surface area contributed by atoms with Crippen LogP contribution in [0.3, 0.4) is 0 Å². The van der Waals surface area contributed by atoms with Crippen LogP contribution >= 0.6 is 12.2 Å². The van der Waals surface area contributed by atoms with Crippen LogP contribution in [-0.4, -0.2) is 37.3 Å². The number of sulfonamides is 1. The van der Waals surface area contributed by atoms with Gasteiger partial charge in [-0.1, -0.05) is 59.2 Å². The molecule has 0 bridgehead atoms. The number of amides is 1. The number of aryl methyl sites for hydroxylation is 3. The number of likely N-dealkylation sites (N-methyl/N-ethyl adjacent to an activating group) is 1. The van der Waals surface area contributed by atoms with Gasteiger partial charge in [-0.15, -0.1) is 0 Å². The highest BCUT2D eigenvalue weighted by atomic mass is 32.2. The zero-order valence-electron chi connectivity index (χ0n) is 21.1. The van der Waals surface area contributed by atoms with Crippen LogP contribution in [0.2, 0.25) is 0 Å². The van der Waals surface area contributed by atoms with E-state index in [0.717, 1.165) is 15.4 Å². The number of carbonyl (C=O) groups excluding carboxylic acids is 1. The number of nitrogens with zero attached hydrogens (tertiary/aromatic N) is 3. The topological polar surface area (TPSA) is 113 Å². The Kier molecular flexibility index (Phi) is 4.91. The van der Waals surface area contributed by atoms with Crippen LogP contribution < -0.4 is 14.5 Å². The fourth-order valence-corrected chi connectivity index (χ4v) is 8.36. The van der Waals surface area contributed by atoms with Crippen molar-refractivity contribution in [3.05, 3.63) is 98.6 Å². The largest absolute Gasteiger partial charge is 0.354 e. The van der Waals surface area contributed by atoms with Crippen LogP contribution in [-0.2, 0) is 25.9 Å². The van der Waals surface area contributed by atoms with Crippen molar-refractivity contribution in [3.8, 4) is 0 Å². The second kappa shape index (κ2) is 7.61. The van der Waals surface area contributed by atoms with Gasteiger partial charge in [0.15, 0.2) is 16.6 Å². The summed E-state index contributed by atoms with van der Waals surface area (Å²) in [5.74, 6) is -0.511. The summed E-state index contributed by atoms with van der Waals surface area (Å²) in [5, 5.41) is 16.2. The molecule has 38 heavy (non-hydrogen) atoms. The molecule has 11 heteroatoms. The first-order valence-electron chi connectivity index (χ1n) is 12.0. The van der Waals surface area contributed by atoms with E-state index in [2.05, 4.69) is 5.32 Å². The average Bonchev–Trinajstić information content (AvgIpc) is 3.40. The third-order valence-electron chi connectivity index (χ3n) is 7.94. The van der Waals surface area contributed by atoms with E-state index < -0.39 is 38.0 Å². The highest BCUT2D eigenvalue weighted by Gasteiger charge is 2.81. The maximum absolute atomic E-state index is 14.4. The molecule has 0 aliphatic carbocycles. The summed E-state index contributed by atoms with van der Waals surface area (Å²) < 4.78 is 29.9. The minimum absolute atomic E-state index is 0.0370. The smallest absolute Gasteiger partial charge is 0.322 e. The van der Waals surface area contributed by atoms with E-state index in [4.69, 9.17) is 12.2 Å². The van der Waals surface area contributed by atoms with Gasteiger partial charge in [-0.05, 0) is 51.1 Å². The minimum Gasteiger partial charge on any atom is -0.354 e. The number of hydrogen-bond acceptors (Lipinski definition) is 6. The zero-order valence-corrected chi connectivity index (χ0v) is 22.7. The number of benzene rings is 3. The van der Waals surface area contributed by atoms with Crippen molar-refractivity contribution < 1.29 is 18.1 Å². The number of fused-ring (bicyclic) bond motifs is 6. The number of nitro groups is 1. The first-order valence-corrected chi connectivity index (χ1v) is 13.8. The Morgan fingerprint density at radius 2 is 1.47 bits per heavy atom. The number of anilines is 2. The van der Waals surface area contributed by atoms with Crippen molar-refractivity contribution in [2.75, 3.05) is 16.3 Å². The van der Waals surface area contributed by atoms with E-state index in [1.165, 1.54) is 17.0 Å². The molecular weight excluding hydrogens is 524 g/mol. The quantitative estimate of drug-likeness (QED) is 0.303. The SMILES string of the molecule is Cc1ccc(S(=O)(=O)N2c3ccc(C)cc3[C@@]3([N+](=O)[O-])C(=S)N[C@]4(C(=O)N(C)c5ccc(C)cc54)[C@@H]23)cc1. The number of rotatable bonds is 3. The summed E-state index contributed by atoms with van der Waals surface area (Å²) >= 11 is 5.69. The Labute approximate surface area is 225 Å². The van der Waals surface area contributed by atoms with Crippen LogP contribution in [0.5, 0.6) is 0 Å². The molecule has 0 radical (unpaired) electrons. The third kappa shape index (κ3) is 2.72. The lowest BCUT2D eigenvalue weighted by atomic mass is 9.77. The summed E-state index contributed by atoms with van der Waals surface area (Å²) in [6.45, 7) is 5.45. The van der Waals surface area contributed by atoms with E-state index in [-0.39, 0.29) is 21.1 Å². The second-order valence-corrected chi connectivity index (χ2v) is 12.4. The molecule has 6 rings (SSSR count). The molecule has 1 saturated heterocycles. The molecule has 9 nitrogen and oxygen atoms in total. The van der Waals surface area contributed by atoms with Crippen LogP contribution in [0.25, 0.3) is 0 Å². The van der Waals surface area contributed by atoms with Gasteiger partial charge >= 0.3 is 5.54 Å². The molecule has 3 aliphatic rings. The standard InChI is InChI=1S/C27H24N4O5S2/c1-15-5-9-18(10-6-15)38(35,36)30-22-12-8-17(3)14-20(22)27(31(33)34)23(30)26(28-24(27)37)19-13-16(2)7-11-21(19)29(4)25(26)32/h5-14,23H,1-4H3,(H,28,37)/t23-,26+,27+/m1/s1. The fraction of sp³-hybridized carbons (Fsp3) is 0.259. The normalized spacial score (nSPS) is 25.4. The first-order chi connectivity index (χ1) is 17.9. The van der Waals surface area contributed by atoms with Gasteiger partial charge < -0.3 is 10.2 Å². The van der Waals surface area contributed by atoms with Crippen molar-refractivity contribution in [3.63, 3.8) is 0 Å². The van der Waals surface area contributed by atoms with E-state index in [1.807, 2.05) is 19.9 Å². The van der Waals surface area contributed by atoms with Gasteiger partial charge in [0.1, 0.15) is 0 Å². The molecule has 3 aromatic carbocycles. The van der Waals surface area contributed by atoms with Gasteiger partial charge in [0.25, 0.3) is 15.9 Å². The van der Waals surface area contributed by atoms with Crippen LogP contribution in [0, 0.1) is 30.9 Å². The molecule has 194 valence electrons. The van der Waals surface area contributed by atoms with Crippen LogP contribution in [0.15, 0.2) is 65.6 Å². The van der Waals surface area contributed by atoms with E-state index >= 15 is 0 Å². The second-order valence-electron chi connectivity index (χ2n) is 10.2. The van der Waals surface area contributed by atoms with Gasteiger partial charge in [-0.25, -0.2) is 8.42 Å². The summed E-state index contributed by atoms with van der Waals surface area (Å²) in [6, 6.07) is 15.0. The van der Waals surface area contributed by atoms with Gasteiger partial charge in [0.05, 0.1) is 16.1 Å². The predicted molar refractivity (Wildman–Crippen MR) is 146 cm³/mol. The fourth-order valence-electron chi connectivity index (χ4n) is 6.19. The number of thiocarbonyl (C=S) groups is 1. The maximum atomic E-state index is 14.4. The Hall–Kier alpha value is -3.83. The lowest BCUT2D eigenvalue weighted by molar-refractivity contribution is -0.555. The molecule has 1 N–H and O–H groups in total. The van der Waals surface area contributed by atoms with Gasteiger partial charge in [0, 0.05) is 23.2 Å². The zero-order chi connectivity index (χ0) is 27.4. The van der Waals surface area contributed by atoms with Gasteiger partial charge in [-0.2, -0.15) is 0 Å². The molecule has 3 heterocycles. The number of nitrogens with one attached hydrogen (secondary N) is 1. The van der Waals surface area contributed by atoms with E-state index in [0.29, 0.717) is 16.8 Å². The highest BCUT2D eigenvalue weighted by molar-refractivity contribution is 7.93. The molecule has 3 aliphatic heterocycles. The van der Waals surface area contributed by atoms with Crippen molar-refractivity contribution in [2.24, 2.45) is 0 Å². The minimum atomic E-state index is -4.39. The highest BCUT2D eigenvalue weighted by Crippen LogP contribution is 2.61. The molecule has 3 aromatic rings. The lowest BCUT2D eigenvalue weighted by Gasteiger charge is -2.36. The summed E-state index contributed by atoms with van der Waals surface area (Å²) in [5.41, 5.74) is -0.346. The molecule has 1 fully saturated rings.